The number of aryl methyl sites for hydroxylation is 1. The molecule has 1 aliphatic rings. The van der Waals surface area contributed by atoms with Gasteiger partial charge in [0.2, 0.25) is 0 Å². The summed E-state index contributed by atoms with van der Waals surface area (Å²) in [6, 6.07) is 6.13. The molecule has 1 N–H and O–H groups in total. The summed E-state index contributed by atoms with van der Waals surface area (Å²) in [6.45, 7) is 9.89. The summed E-state index contributed by atoms with van der Waals surface area (Å²) in [7, 11) is 4.01. The number of benzene rings is 1. The largest absolute Gasteiger partial charge is 0.323 e. The van der Waals surface area contributed by atoms with Crippen LogP contribution in [0, 0.1) is 0 Å². The molecule has 1 aromatic heterocycles. The van der Waals surface area contributed by atoms with Gasteiger partial charge in [0.15, 0.2) is 5.82 Å². The third-order valence-electron chi connectivity index (χ3n) is 4.69. The molecule has 0 spiro atoms. The Hall–Kier alpha value is -2.08. The predicted molar refractivity (Wildman–Crippen MR) is 97.5 cm³/mol. The van der Waals surface area contributed by atoms with Crippen LogP contribution in [0.1, 0.15) is 26.3 Å². The molecule has 2 aromatic rings. The number of rotatable bonds is 1. The van der Waals surface area contributed by atoms with E-state index < -0.39 is 0 Å². The number of carbonyl (C=O) groups is 1. The van der Waals surface area contributed by atoms with Gasteiger partial charge in [-0.1, -0.05) is 32.9 Å². The van der Waals surface area contributed by atoms with Crippen LogP contribution in [0.15, 0.2) is 18.2 Å². The number of piperazine rings is 1. The van der Waals surface area contributed by atoms with Crippen molar-refractivity contribution in [3.05, 3.63) is 23.8 Å². The van der Waals surface area contributed by atoms with Crippen molar-refractivity contribution in [3.63, 3.8) is 0 Å². The van der Waals surface area contributed by atoms with Crippen molar-refractivity contribution in [1.82, 2.24) is 19.6 Å². The van der Waals surface area contributed by atoms with E-state index in [2.05, 4.69) is 49.2 Å². The molecule has 2 heterocycles. The highest BCUT2D eigenvalue weighted by Crippen LogP contribution is 2.32. The molecule has 1 fully saturated rings. The third-order valence-corrected chi connectivity index (χ3v) is 4.69. The highest BCUT2D eigenvalue weighted by Gasteiger charge is 2.24. The average molecular weight is 329 g/mol. The van der Waals surface area contributed by atoms with E-state index in [4.69, 9.17) is 0 Å². The van der Waals surface area contributed by atoms with Crippen LogP contribution in [-0.2, 0) is 12.5 Å². The number of urea groups is 1. The van der Waals surface area contributed by atoms with E-state index in [0.29, 0.717) is 5.82 Å². The van der Waals surface area contributed by atoms with Gasteiger partial charge in [-0.05, 0) is 24.1 Å². The molecule has 0 bridgehead atoms. The van der Waals surface area contributed by atoms with Crippen LogP contribution in [0.3, 0.4) is 0 Å². The molecule has 0 radical (unpaired) electrons. The number of amides is 2. The van der Waals surface area contributed by atoms with Crippen molar-refractivity contribution in [3.8, 4) is 0 Å². The number of likely N-dealkylation sites (N-methyl/N-ethyl adjacent to an activating group) is 1. The van der Waals surface area contributed by atoms with Gasteiger partial charge >= 0.3 is 6.03 Å². The molecular weight excluding hydrogens is 302 g/mol. The van der Waals surface area contributed by atoms with Gasteiger partial charge in [0.1, 0.15) is 0 Å². The number of carbonyl (C=O) groups excluding carboxylic acids is 1. The fraction of sp³-hybridized carbons (Fsp3) is 0.556. The first-order valence-corrected chi connectivity index (χ1v) is 8.48. The van der Waals surface area contributed by atoms with Crippen molar-refractivity contribution < 1.29 is 4.79 Å². The Labute approximate surface area is 143 Å². The third kappa shape index (κ3) is 3.11. The summed E-state index contributed by atoms with van der Waals surface area (Å²) in [5.41, 5.74) is 2.33. The molecule has 0 aliphatic carbocycles. The maximum absolute atomic E-state index is 12.6. The second kappa shape index (κ2) is 6.09. The van der Waals surface area contributed by atoms with E-state index in [1.54, 1.807) is 0 Å². The molecule has 0 unspecified atom stereocenters. The Morgan fingerprint density at radius 2 is 1.79 bits per heavy atom. The fourth-order valence-corrected chi connectivity index (χ4v) is 3.22. The maximum Gasteiger partial charge on any atom is 0.323 e. The molecule has 0 saturated carbocycles. The van der Waals surface area contributed by atoms with E-state index in [1.165, 1.54) is 5.56 Å². The molecule has 3 rings (SSSR count). The van der Waals surface area contributed by atoms with Crippen molar-refractivity contribution in [2.45, 2.75) is 26.2 Å². The van der Waals surface area contributed by atoms with Crippen molar-refractivity contribution in [1.29, 1.82) is 0 Å². The Balaban J connectivity index is 1.90. The first kappa shape index (κ1) is 16.8. The molecule has 130 valence electrons. The standard InChI is InChI=1S/C18H27N5O/c1-18(2,3)14-8-6-7-13-15(14)22(5)20-16(13)19-17(24)23-11-9-21(4)10-12-23/h6-8H,9-12H2,1-5H3,(H,19,20,24). The lowest BCUT2D eigenvalue weighted by molar-refractivity contribution is 0.164. The Kier molecular flexibility index (Phi) is 4.25. The van der Waals surface area contributed by atoms with Gasteiger partial charge in [0.25, 0.3) is 0 Å². The van der Waals surface area contributed by atoms with E-state index in [9.17, 15) is 4.79 Å². The number of fused-ring (bicyclic) bond motifs is 1. The second-order valence-electron chi connectivity index (χ2n) is 7.64. The smallest absolute Gasteiger partial charge is 0.322 e. The van der Waals surface area contributed by atoms with Gasteiger partial charge < -0.3 is 9.80 Å². The van der Waals surface area contributed by atoms with E-state index in [-0.39, 0.29) is 11.4 Å². The van der Waals surface area contributed by atoms with Gasteiger partial charge in [0, 0.05) is 38.6 Å². The SMILES string of the molecule is CN1CCN(C(=O)Nc2nn(C)c3c(C(C)(C)C)cccc23)CC1. The lowest BCUT2D eigenvalue weighted by Crippen LogP contribution is -2.48. The number of aromatic nitrogens is 2. The highest BCUT2D eigenvalue weighted by molar-refractivity contribution is 6.00. The van der Waals surface area contributed by atoms with Crippen LogP contribution in [0.5, 0.6) is 0 Å². The summed E-state index contributed by atoms with van der Waals surface area (Å²) in [4.78, 5) is 16.6. The van der Waals surface area contributed by atoms with Crippen molar-refractivity contribution in [2.75, 3.05) is 38.5 Å². The van der Waals surface area contributed by atoms with E-state index in [1.807, 2.05) is 28.8 Å². The summed E-state index contributed by atoms with van der Waals surface area (Å²) >= 11 is 0. The molecule has 1 saturated heterocycles. The zero-order chi connectivity index (χ0) is 17.5. The highest BCUT2D eigenvalue weighted by atomic mass is 16.2. The lowest BCUT2D eigenvalue weighted by Gasteiger charge is -2.32. The van der Waals surface area contributed by atoms with E-state index >= 15 is 0 Å². The maximum atomic E-state index is 12.6. The number of hydrogen-bond acceptors (Lipinski definition) is 3. The van der Waals surface area contributed by atoms with Crippen molar-refractivity contribution in [2.24, 2.45) is 7.05 Å². The molecule has 0 atom stereocenters. The van der Waals surface area contributed by atoms with Crippen LogP contribution in [0.2, 0.25) is 0 Å². The molecule has 24 heavy (non-hydrogen) atoms. The first-order valence-electron chi connectivity index (χ1n) is 8.48. The molecule has 2 amide bonds. The molecule has 1 aromatic carbocycles. The fourth-order valence-electron chi connectivity index (χ4n) is 3.22. The number of anilines is 1. The summed E-state index contributed by atoms with van der Waals surface area (Å²) in [5, 5.41) is 8.56. The summed E-state index contributed by atoms with van der Waals surface area (Å²) < 4.78 is 1.87. The average Bonchev–Trinajstić information content (AvgIpc) is 2.83. The van der Waals surface area contributed by atoms with Crippen LogP contribution < -0.4 is 5.32 Å². The van der Waals surface area contributed by atoms with Gasteiger partial charge in [-0.25, -0.2) is 4.79 Å². The van der Waals surface area contributed by atoms with Gasteiger partial charge in [0.05, 0.1) is 5.52 Å². The van der Waals surface area contributed by atoms with Gasteiger partial charge in [-0.2, -0.15) is 5.10 Å². The molecule has 1 aliphatic heterocycles. The summed E-state index contributed by atoms with van der Waals surface area (Å²) in [5.74, 6) is 0.641. The molecule has 6 heteroatoms. The second-order valence-corrected chi connectivity index (χ2v) is 7.64. The quantitative estimate of drug-likeness (QED) is 0.875. The monoisotopic (exact) mass is 329 g/mol. The van der Waals surface area contributed by atoms with Crippen LogP contribution >= 0.6 is 0 Å². The van der Waals surface area contributed by atoms with Gasteiger partial charge in [-0.15, -0.1) is 0 Å². The van der Waals surface area contributed by atoms with Crippen LogP contribution in [-0.4, -0.2) is 58.8 Å². The summed E-state index contributed by atoms with van der Waals surface area (Å²) in [6.07, 6.45) is 0. The lowest BCUT2D eigenvalue weighted by atomic mass is 9.85. The zero-order valence-electron chi connectivity index (χ0n) is 15.3. The van der Waals surface area contributed by atoms with Crippen LogP contribution in [0.4, 0.5) is 10.6 Å². The van der Waals surface area contributed by atoms with E-state index in [0.717, 1.165) is 37.1 Å². The van der Waals surface area contributed by atoms with Crippen LogP contribution in [0.25, 0.3) is 10.9 Å². The Morgan fingerprint density at radius 1 is 1.12 bits per heavy atom. The molecular formula is C18H27N5O. The number of nitrogens with zero attached hydrogens (tertiary/aromatic N) is 4. The number of hydrogen-bond donors (Lipinski definition) is 1. The predicted octanol–water partition coefficient (Wildman–Crippen LogP) is 2.65. The van der Waals surface area contributed by atoms with Crippen molar-refractivity contribution >= 4 is 22.8 Å². The number of para-hydroxylation sites is 1. The Morgan fingerprint density at radius 3 is 2.42 bits per heavy atom. The minimum Gasteiger partial charge on any atom is -0.322 e. The minimum absolute atomic E-state index is 0.0199. The zero-order valence-corrected chi connectivity index (χ0v) is 15.3. The first-order chi connectivity index (χ1) is 11.3. The van der Waals surface area contributed by atoms with Gasteiger partial charge in [-0.3, -0.25) is 10.00 Å². The Bertz CT molecular complexity index is 751. The minimum atomic E-state index is -0.0655. The normalized spacial score (nSPS) is 16.6. The molecule has 6 nitrogen and oxygen atoms in total. The number of nitrogens with one attached hydrogen (secondary N) is 1. The topological polar surface area (TPSA) is 53.4 Å².